The van der Waals surface area contributed by atoms with Crippen LogP contribution in [0, 0.1) is 12.7 Å². The number of carbonyl (C=O) groups is 1. The lowest BCUT2D eigenvalue weighted by atomic mass is 10.2. The monoisotopic (exact) mass is 353 g/mol. The van der Waals surface area contributed by atoms with Crippen LogP contribution in [-0.2, 0) is 0 Å². The van der Waals surface area contributed by atoms with E-state index in [1.807, 2.05) is 19.1 Å². The first-order valence-electron chi connectivity index (χ1n) is 7.80. The minimum Gasteiger partial charge on any atom is -0.494 e. The van der Waals surface area contributed by atoms with Crippen molar-refractivity contribution in [2.75, 3.05) is 12.4 Å². The standard InChI is InChI=1S/C19H16FN3O3/c1-12-3-9-15(10-4-12)23-17(24)11-16(26-2)18(22-23)19(25)21-14-7-5-13(20)6-8-14/h3-11H,1-2H3,(H,21,25). The number of carbonyl (C=O) groups excluding carboxylic acids is 1. The number of amides is 1. The molecule has 1 N–H and O–H groups in total. The average molecular weight is 353 g/mol. The van der Waals surface area contributed by atoms with E-state index in [0.29, 0.717) is 11.4 Å². The van der Waals surface area contributed by atoms with E-state index in [9.17, 15) is 14.0 Å². The fourth-order valence-electron chi connectivity index (χ4n) is 2.35. The molecule has 3 aromatic rings. The van der Waals surface area contributed by atoms with Gasteiger partial charge in [-0.15, -0.1) is 0 Å². The minimum atomic E-state index is -0.575. The van der Waals surface area contributed by atoms with E-state index in [0.717, 1.165) is 10.2 Å². The van der Waals surface area contributed by atoms with Crippen LogP contribution < -0.4 is 15.6 Å². The summed E-state index contributed by atoms with van der Waals surface area (Å²) >= 11 is 0. The van der Waals surface area contributed by atoms with Crippen LogP contribution in [0.2, 0.25) is 0 Å². The third kappa shape index (κ3) is 3.61. The Morgan fingerprint density at radius 3 is 2.38 bits per heavy atom. The van der Waals surface area contributed by atoms with Crippen molar-refractivity contribution in [3.8, 4) is 11.4 Å². The van der Waals surface area contributed by atoms with Crippen molar-refractivity contribution in [2.24, 2.45) is 0 Å². The molecule has 0 atom stereocenters. The third-order valence-corrected chi connectivity index (χ3v) is 3.71. The van der Waals surface area contributed by atoms with E-state index < -0.39 is 17.3 Å². The Kier molecular flexibility index (Phi) is 4.79. The Hall–Kier alpha value is -3.48. The van der Waals surface area contributed by atoms with E-state index in [-0.39, 0.29) is 11.4 Å². The van der Waals surface area contributed by atoms with Crippen molar-refractivity contribution in [2.45, 2.75) is 6.92 Å². The molecule has 3 rings (SSSR count). The number of ether oxygens (including phenoxy) is 1. The second-order valence-electron chi connectivity index (χ2n) is 5.61. The van der Waals surface area contributed by atoms with Crippen molar-refractivity contribution in [1.29, 1.82) is 0 Å². The molecule has 1 aromatic heterocycles. The van der Waals surface area contributed by atoms with E-state index in [1.165, 1.54) is 37.4 Å². The molecule has 2 aromatic carbocycles. The molecule has 0 saturated heterocycles. The second kappa shape index (κ2) is 7.18. The lowest BCUT2D eigenvalue weighted by Gasteiger charge is -2.11. The Morgan fingerprint density at radius 1 is 1.12 bits per heavy atom. The summed E-state index contributed by atoms with van der Waals surface area (Å²) < 4.78 is 19.2. The summed E-state index contributed by atoms with van der Waals surface area (Å²) in [5, 5.41) is 6.75. The number of aromatic nitrogens is 2. The van der Waals surface area contributed by atoms with Crippen LogP contribution in [0.5, 0.6) is 5.75 Å². The summed E-state index contributed by atoms with van der Waals surface area (Å²) in [6.07, 6.45) is 0. The molecule has 0 bridgehead atoms. The summed E-state index contributed by atoms with van der Waals surface area (Å²) in [7, 11) is 1.35. The molecular weight excluding hydrogens is 337 g/mol. The van der Waals surface area contributed by atoms with Crippen molar-refractivity contribution in [1.82, 2.24) is 9.78 Å². The highest BCUT2D eigenvalue weighted by Crippen LogP contribution is 2.17. The van der Waals surface area contributed by atoms with Crippen LogP contribution in [0.4, 0.5) is 10.1 Å². The SMILES string of the molecule is COc1cc(=O)n(-c2ccc(C)cc2)nc1C(=O)Nc1ccc(F)cc1. The number of nitrogens with one attached hydrogen (secondary N) is 1. The molecule has 0 saturated carbocycles. The number of methoxy groups -OCH3 is 1. The predicted molar refractivity (Wildman–Crippen MR) is 95.5 cm³/mol. The maximum absolute atomic E-state index is 13.0. The van der Waals surface area contributed by atoms with Crippen LogP contribution in [0.25, 0.3) is 5.69 Å². The van der Waals surface area contributed by atoms with Gasteiger partial charge in [0.25, 0.3) is 11.5 Å². The van der Waals surface area contributed by atoms with Gasteiger partial charge in [0, 0.05) is 5.69 Å². The van der Waals surface area contributed by atoms with Gasteiger partial charge in [-0.1, -0.05) is 17.7 Å². The van der Waals surface area contributed by atoms with Crippen LogP contribution in [0.15, 0.2) is 59.4 Å². The van der Waals surface area contributed by atoms with Gasteiger partial charge in [-0.25, -0.2) is 4.39 Å². The van der Waals surface area contributed by atoms with Crippen molar-refractivity contribution < 1.29 is 13.9 Å². The number of nitrogens with zero attached hydrogens (tertiary/aromatic N) is 2. The van der Waals surface area contributed by atoms with Gasteiger partial charge in [-0.3, -0.25) is 9.59 Å². The van der Waals surface area contributed by atoms with Crippen molar-refractivity contribution in [3.63, 3.8) is 0 Å². The molecular formula is C19H16FN3O3. The molecule has 0 radical (unpaired) electrons. The van der Waals surface area contributed by atoms with Crippen molar-refractivity contribution >= 4 is 11.6 Å². The van der Waals surface area contributed by atoms with Crippen LogP contribution >= 0.6 is 0 Å². The maximum Gasteiger partial charge on any atom is 0.279 e. The van der Waals surface area contributed by atoms with E-state index in [2.05, 4.69) is 10.4 Å². The van der Waals surface area contributed by atoms with Gasteiger partial charge < -0.3 is 10.1 Å². The number of hydrogen-bond donors (Lipinski definition) is 1. The van der Waals surface area contributed by atoms with Gasteiger partial charge in [-0.05, 0) is 43.3 Å². The van der Waals surface area contributed by atoms with Crippen LogP contribution in [0.3, 0.4) is 0 Å². The zero-order valence-corrected chi connectivity index (χ0v) is 14.2. The molecule has 0 fully saturated rings. The van der Waals surface area contributed by atoms with E-state index in [4.69, 9.17) is 4.74 Å². The highest BCUT2D eigenvalue weighted by Gasteiger charge is 2.18. The highest BCUT2D eigenvalue weighted by molar-refractivity contribution is 6.04. The fourth-order valence-corrected chi connectivity index (χ4v) is 2.35. The third-order valence-electron chi connectivity index (χ3n) is 3.71. The smallest absolute Gasteiger partial charge is 0.279 e. The lowest BCUT2D eigenvalue weighted by Crippen LogP contribution is -2.26. The largest absolute Gasteiger partial charge is 0.494 e. The Balaban J connectivity index is 2.00. The normalized spacial score (nSPS) is 10.4. The van der Waals surface area contributed by atoms with E-state index in [1.54, 1.807) is 12.1 Å². The molecule has 0 unspecified atom stereocenters. The molecule has 0 aliphatic carbocycles. The molecule has 0 aliphatic heterocycles. The summed E-state index contributed by atoms with van der Waals surface area (Å²) in [5.41, 5.74) is 1.47. The average Bonchev–Trinajstić information content (AvgIpc) is 2.64. The first kappa shape index (κ1) is 17.3. The molecule has 0 spiro atoms. The van der Waals surface area contributed by atoms with Crippen LogP contribution in [-0.4, -0.2) is 22.8 Å². The lowest BCUT2D eigenvalue weighted by molar-refractivity contribution is 0.101. The summed E-state index contributed by atoms with van der Waals surface area (Å²) in [6, 6.07) is 13.7. The summed E-state index contributed by atoms with van der Waals surface area (Å²) in [5.74, 6) is -0.932. The highest BCUT2D eigenvalue weighted by atomic mass is 19.1. The first-order chi connectivity index (χ1) is 12.5. The van der Waals surface area contributed by atoms with Crippen LogP contribution in [0.1, 0.15) is 16.1 Å². The maximum atomic E-state index is 13.0. The second-order valence-corrected chi connectivity index (χ2v) is 5.61. The molecule has 1 heterocycles. The van der Waals surface area contributed by atoms with Crippen molar-refractivity contribution in [3.05, 3.63) is 82.0 Å². The fraction of sp³-hybridized carbons (Fsp3) is 0.105. The molecule has 26 heavy (non-hydrogen) atoms. The van der Waals surface area contributed by atoms with Gasteiger partial charge in [0.2, 0.25) is 0 Å². The quantitative estimate of drug-likeness (QED) is 0.783. The first-order valence-corrected chi connectivity index (χ1v) is 7.80. The number of anilines is 1. The predicted octanol–water partition coefficient (Wildman–Crippen LogP) is 2.94. The number of halogens is 1. The van der Waals surface area contributed by atoms with Gasteiger partial charge in [-0.2, -0.15) is 9.78 Å². The summed E-state index contributed by atoms with van der Waals surface area (Å²) in [6.45, 7) is 1.93. The number of hydrogen-bond acceptors (Lipinski definition) is 4. The number of benzene rings is 2. The zero-order chi connectivity index (χ0) is 18.7. The molecule has 132 valence electrons. The Labute approximate surface area is 148 Å². The zero-order valence-electron chi connectivity index (χ0n) is 14.2. The van der Waals surface area contributed by atoms with Gasteiger partial charge >= 0.3 is 0 Å². The molecule has 0 aliphatic rings. The van der Waals surface area contributed by atoms with Gasteiger partial charge in [0.1, 0.15) is 5.82 Å². The van der Waals surface area contributed by atoms with Gasteiger partial charge in [0.05, 0.1) is 18.9 Å². The molecule has 7 heteroatoms. The number of rotatable bonds is 4. The van der Waals surface area contributed by atoms with E-state index >= 15 is 0 Å². The Morgan fingerprint density at radius 2 is 1.77 bits per heavy atom. The number of aryl methyl sites for hydroxylation is 1. The summed E-state index contributed by atoms with van der Waals surface area (Å²) in [4.78, 5) is 24.9. The van der Waals surface area contributed by atoms with Gasteiger partial charge in [0.15, 0.2) is 11.4 Å². The Bertz CT molecular complexity index is 996. The molecule has 6 nitrogen and oxygen atoms in total. The topological polar surface area (TPSA) is 73.2 Å². The molecule has 1 amide bonds. The minimum absolute atomic E-state index is 0.0537.